The molecular formula is C18H27N3O. The van der Waals surface area contributed by atoms with Gasteiger partial charge in [0.1, 0.15) is 0 Å². The van der Waals surface area contributed by atoms with Crippen molar-refractivity contribution < 1.29 is 4.79 Å². The third-order valence-electron chi connectivity index (χ3n) is 4.94. The predicted molar refractivity (Wildman–Crippen MR) is 90.5 cm³/mol. The molecule has 2 saturated heterocycles. The Balaban J connectivity index is 1.67. The van der Waals surface area contributed by atoms with Crippen molar-refractivity contribution in [2.75, 3.05) is 45.2 Å². The van der Waals surface area contributed by atoms with Gasteiger partial charge in [0.15, 0.2) is 0 Å². The van der Waals surface area contributed by atoms with E-state index < -0.39 is 0 Å². The number of rotatable bonds is 4. The van der Waals surface area contributed by atoms with Crippen LogP contribution < -0.4 is 4.90 Å². The van der Waals surface area contributed by atoms with Gasteiger partial charge in [0.2, 0.25) is 0 Å². The summed E-state index contributed by atoms with van der Waals surface area (Å²) >= 11 is 0. The maximum absolute atomic E-state index is 12.8. The second kappa shape index (κ2) is 6.69. The molecule has 2 aliphatic rings. The number of nitrogens with zero attached hydrogens (tertiary/aromatic N) is 3. The molecule has 4 nitrogen and oxygen atoms in total. The molecule has 0 spiro atoms. The summed E-state index contributed by atoms with van der Waals surface area (Å²) in [6.45, 7) is 4.38. The molecule has 0 unspecified atom stereocenters. The van der Waals surface area contributed by atoms with Crippen LogP contribution in [0.15, 0.2) is 24.3 Å². The third kappa shape index (κ3) is 3.27. The van der Waals surface area contributed by atoms with Crippen molar-refractivity contribution in [1.29, 1.82) is 0 Å². The molecule has 2 aliphatic heterocycles. The van der Waals surface area contributed by atoms with Gasteiger partial charge in [-0.05, 0) is 63.0 Å². The molecule has 0 bridgehead atoms. The number of carbonyl (C=O) groups is 1. The minimum atomic E-state index is 0.201. The van der Waals surface area contributed by atoms with Crippen LogP contribution in [-0.2, 0) is 0 Å². The van der Waals surface area contributed by atoms with Gasteiger partial charge >= 0.3 is 0 Å². The van der Waals surface area contributed by atoms with Crippen molar-refractivity contribution in [2.24, 2.45) is 0 Å². The molecule has 0 radical (unpaired) electrons. The van der Waals surface area contributed by atoms with Crippen LogP contribution in [0.1, 0.15) is 36.0 Å². The molecule has 1 atom stereocenters. The van der Waals surface area contributed by atoms with E-state index in [9.17, 15) is 4.79 Å². The van der Waals surface area contributed by atoms with Gasteiger partial charge < -0.3 is 14.7 Å². The monoisotopic (exact) mass is 301 g/mol. The van der Waals surface area contributed by atoms with Crippen molar-refractivity contribution in [2.45, 2.75) is 31.7 Å². The number of amides is 1. The molecule has 4 heteroatoms. The summed E-state index contributed by atoms with van der Waals surface area (Å²) in [5.74, 6) is 0.201. The highest BCUT2D eigenvalue weighted by Crippen LogP contribution is 2.23. The van der Waals surface area contributed by atoms with Crippen molar-refractivity contribution in [1.82, 2.24) is 9.80 Å². The van der Waals surface area contributed by atoms with E-state index in [1.165, 1.54) is 25.9 Å². The highest BCUT2D eigenvalue weighted by atomic mass is 16.2. The molecule has 1 aromatic carbocycles. The molecule has 0 aliphatic carbocycles. The first-order valence-electron chi connectivity index (χ1n) is 8.46. The number of anilines is 1. The summed E-state index contributed by atoms with van der Waals surface area (Å²) in [4.78, 5) is 19.5. The minimum Gasteiger partial charge on any atom is -0.378 e. The Hall–Kier alpha value is -1.55. The molecule has 1 amide bonds. The third-order valence-corrected chi connectivity index (χ3v) is 4.94. The quantitative estimate of drug-likeness (QED) is 0.855. The zero-order chi connectivity index (χ0) is 15.5. The van der Waals surface area contributed by atoms with Crippen LogP contribution in [-0.4, -0.2) is 62.0 Å². The van der Waals surface area contributed by atoms with E-state index in [2.05, 4.69) is 14.7 Å². The first-order valence-corrected chi connectivity index (χ1v) is 8.46. The molecule has 2 fully saturated rings. The summed E-state index contributed by atoms with van der Waals surface area (Å²) in [6, 6.07) is 8.38. The van der Waals surface area contributed by atoms with Crippen molar-refractivity contribution in [3.63, 3.8) is 0 Å². The number of carbonyl (C=O) groups excluding carboxylic acids is 1. The van der Waals surface area contributed by atoms with E-state index in [1.807, 2.05) is 38.4 Å². The van der Waals surface area contributed by atoms with Gasteiger partial charge in [0.05, 0.1) is 0 Å². The molecule has 2 heterocycles. The Morgan fingerprint density at radius 2 is 1.77 bits per heavy atom. The second-order valence-electron chi connectivity index (χ2n) is 6.74. The van der Waals surface area contributed by atoms with Crippen LogP contribution in [0.25, 0.3) is 0 Å². The maximum atomic E-state index is 12.8. The highest BCUT2D eigenvalue weighted by molar-refractivity contribution is 5.95. The van der Waals surface area contributed by atoms with Crippen LogP contribution in [0.4, 0.5) is 5.69 Å². The average Bonchev–Trinajstić information content (AvgIpc) is 3.19. The van der Waals surface area contributed by atoms with Gasteiger partial charge in [-0.3, -0.25) is 4.79 Å². The first-order chi connectivity index (χ1) is 10.6. The molecule has 3 rings (SSSR count). The van der Waals surface area contributed by atoms with Gasteiger partial charge in [0, 0.05) is 44.5 Å². The standard InChI is InChI=1S/C18H27N3O/c1-19(2)16-9-7-15(8-10-16)18(22)21-13-5-6-17(21)14-20-11-3-4-12-20/h7-10,17H,3-6,11-14H2,1-2H3/t17-/m1/s1. The number of hydrogen-bond acceptors (Lipinski definition) is 3. The largest absolute Gasteiger partial charge is 0.378 e. The van der Waals surface area contributed by atoms with E-state index >= 15 is 0 Å². The van der Waals surface area contributed by atoms with Gasteiger partial charge in [-0.1, -0.05) is 0 Å². The fraction of sp³-hybridized carbons (Fsp3) is 0.611. The number of benzene rings is 1. The molecule has 1 aromatic rings. The van der Waals surface area contributed by atoms with E-state index in [1.54, 1.807) is 0 Å². The number of likely N-dealkylation sites (tertiary alicyclic amines) is 2. The molecule has 22 heavy (non-hydrogen) atoms. The smallest absolute Gasteiger partial charge is 0.254 e. The van der Waals surface area contributed by atoms with Gasteiger partial charge in [0.25, 0.3) is 5.91 Å². The second-order valence-corrected chi connectivity index (χ2v) is 6.74. The van der Waals surface area contributed by atoms with Crippen LogP contribution in [0.3, 0.4) is 0 Å². The summed E-state index contributed by atoms with van der Waals surface area (Å²) in [5.41, 5.74) is 1.95. The van der Waals surface area contributed by atoms with Gasteiger partial charge in [-0.25, -0.2) is 0 Å². The summed E-state index contributed by atoms with van der Waals surface area (Å²) in [6.07, 6.45) is 4.91. The first kappa shape index (κ1) is 15.3. The lowest BCUT2D eigenvalue weighted by Gasteiger charge is -2.28. The molecular weight excluding hydrogens is 274 g/mol. The van der Waals surface area contributed by atoms with E-state index in [0.717, 1.165) is 37.2 Å². The molecule has 0 N–H and O–H groups in total. The van der Waals surface area contributed by atoms with Crippen molar-refractivity contribution in [3.8, 4) is 0 Å². The highest BCUT2D eigenvalue weighted by Gasteiger charge is 2.31. The SMILES string of the molecule is CN(C)c1ccc(C(=O)N2CCC[C@@H]2CN2CCCC2)cc1. The Morgan fingerprint density at radius 3 is 2.41 bits per heavy atom. The van der Waals surface area contributed by atoms with E-state index in [4.69, 9.17) is 0 Å². The summed E-state index contributed by atoms with van der Waals surface area (Å²) < 4.78 is 0. The fourth-order valence-corrected chi connectivity index (χ4v) is 3.62. The van der Waals surface area contributed by atoms with Gasteiger partial charge in [-0.2, -0.15) is 0 Å². The average molecular weight is 301 g/mol. The maximum Gasteiger partial charge on any atom is 0.254 e. The van der Waals surface area contributed by atoms with Crippen LogP contribution in [0.2, 0.25) is 0 Å². The van der Waals surface area contributed by atoms with E-state index in [0.29, 0.717) is 6.04 Å². The van der Waals surface area contributed by atoms with Crippen LogP contribution in [0, 0.1) is 0 Å². The van der Waals surface area contributed by atoms with Crippen molar-refractivity contribution in [3.05, 3.63) is 29.8 Å². The van der Waals surface area contributed by atoms with Crippen LogP contribution in [0.5, 0.6) is 0 Å². The molecule has 0 saturated carbocycles. The fourth-order valence-electron chi connectivity index (χ4n) is 3.62. The van der Waals surface area contributed by atoms with Crippen LogP contribution >= 0.6 is 0 Å². The predicted octanol–water partition coefficient (Wildman–Crippen LogP) is 2.45. The molecule has 120 valence electrons. The Labute approximate surface area is 133 Å². The lowest BCUT2D eigenvalue weighted by atomic mass is 10.1. The normalized spacial score (nSPS) is 22.3. The zero-order valence-corrected chi connectivity index (χ0v) is 13.8. The summed E-state index contributed by atoms with van der Waals surface area (Å²) in [5, 5.41) is 0. The summed E-state index contributed by atoms with van der Waals surface area (Å²) in [7, 11) is 4.03. The Kier molecular flexibility index (Phi) is 4.67. The number of hydrogen-bond donors (Lipinski definition) is 0. The van der Waals surface area contributed by atoms with E-state index in [-0.39, 0.29) is 5.91 Å². The van der Waals surface area contributed by atoms with Gasteiger partial charge in [-0.15, -0.1) is 0 Å². The van der Waals surface area contributed by atoms with Crippen molar-refractivity contribution >= 4 is 11.6 Å². The lowest BCUT2D eigenvalue weighted by Crippen LogP contribution is -2.42. The molecule has 0 aromatic heterocycles. The lowest BCUT2D eigenvalue weighted by molar-refractivity contribution is 0.0709. The zero-order valence-electron chi connectivity index (χ0n) is 13.8. The Bertz CT molecular complexity index is 506. The Morgan fingerprint density at radius 1 is 1.09 bits per heavy atom. The minimum absolute atomic E-state index is 0.201. The topological polar surface area (TPSA) is 26.8 Å².